The van der Waals surface area contributed by atoms with Crippen LogP contribution < -0.4 is 9.80 Å². The summed E-state index contributed by atoms with van der Waals surface area (Å²) in [6, 6.07) is 14.2. The molecule has 1 unspecified atom stereocenters. The Kier molecular flexibility index (Phi) is 5.61. The van der Waals surface area contributed by atoms with Crippen LogP contribution in [0.15, 0.2) is 48.8 Å². The molecule has 2 fully saturated rings. The Hall–Kier alpha value is -3.26. The van der Waals surface area contributed by atoms with Crippen molar-refractivity contribution < 1.29 is 9.53 Å². The highest BCUT2D eigenvalue weighted by Gasteiger charge is 2.31. The van der Waals surface area contributed by atoms with E-state index in [0.29, 0.717) is 36.3 Å². The number of carbonyl (C=O) groups excluding carboxylic acids is 1. The number of hydrogen-bond donors (Lipinski definition) is 0. The topological polar surface area (TPSA) is 76.4 Å². The minimum Gasteiger partial charge on any atom is -0.381 e. The second-order valence-electron chi connectivity index (χ2n) is 8.72. The summed E-state index contributed by atoms with van der Waals surface area (Å²) < 4.78 is 7.45. The molecule has 8 heteroatoms. The zero-order chi connectivity index (χ0) is 22.1. The molecule has 1 aromatic carbocycles. The number of carbonyl (C=O) groups is 1. The SMILES string of the molecule is CC(C)n1cnnc1-c1cccc(N2CCN(c3ccc(CC4CCOC4)cc3)C2=O)n1. The number of benzene rings is 1. The van der Waals surface area contributed by atoms with Gasteiger partial charge in [0.1, 0.15) is 17.8 Å². The Labute approximate surface area is 187 Å². The molecule has 0 spiro atoms. The first-order valence-corrected chi connectivity index (χ1v) is 11.2. The van der Waals surface area contributed by atoms with E-state index in [2.05, 4.69) is 36.2 Å². The van der Waals surface area contributed by atoms with Crippen molar-refractivity contribution in [2.24, 2.45) is 5.92 Å². The highest BCUT2D eigenvalue weighted by atomic mass is 16.5. The van der Waals surface area contributed by atoms with E-state index >= 15 is 0 Å². The first-order chi connectivity index (χ1) is 15.6. The van der Waals surface area contributed by atoms with Crippen molar-refractivity contribution in [1.29, 1.82) is 0 Å². The maximum absolute atomic E-state index is 13.2. The number of ether oxygens (including phenoxy) is 1. The van der Waals surface area contributed by atoms with E-state index < -0.39 is 0 Å². The van der Waals surface area contributed by atoms with Crippen molar-refractivity contribution in [3.8, 4) is 11.5 Å². The fourth-order valence-corrected chi connectivity index (χ4v) is 4.38. The molecule has 0 aliphatic carbocycles. The molecule has 5 rings (SSSR count). The normalized spacial score (nSPS) is 18.8. The smallest absolute Gasteiger partial charge is 0.330 e. The van der Waals surface area contributed by atoms with Gasteiger partial charge in [-0.25, -0.2) is 9.78 Å². The van der Waals surface area contributed by atoms with Gasteiger partial charge in [-0.1, -0.05) is 18.2 Å². The number of pyridine rings is 1. The van der Waals surface area contributed by atoms with Crippen LogP contribution in [0.5, 0.6) is 0 Å². The summed E-state index contributed by atoms with van der Waals surface area (Å²) in [5, 5.41) is 8.26. The Morgan fingerprint density at radius 2 is 1.91 bits per heavy atom. The summed E-state index contributed by atoms with van der Waals surface area (Å²) >= 11 is 0. The highest BCUT2D eigenvalue weighted by molar-refractivity contribution is 6.05. The summed E-state index contributed by atoms with van der Waals surface area (Å²) in [5.74, 6) is 1.93. The lowest BCUT2D eigenvalue weighted by Crippen LogP contribution is -2.32. The quantitative estimate of drug-likeness (QED) is 0.590. The van der Waals surface area contributed by atoms with Crippen molar-refractivity contribution in [1.82, 2.24) is 19.7 Å². The first-order valence-electron chi connectivity index (χ1n) is 11.2. The van der Waals surface area contributed by atoms with Crippen LogP contribution in [0.1, 0.15) is 31.9 Å². The third-order valence-corrected chi connectivity index (χ3v) is 6.17. The average molecular weight is 433 g/mol. The van der Waals surface area contributed by atoms with Gasteiger partial charge in [-0.3, -0.25) is 9.80 Å². The largest absolute Gasteiger partial charge is 0.381 e. The van der Waals surface area contributed by atoms with E-state index in [4.69, 9.17) is 9.72 Å². The lowest BCUT2D eigenvalue weighted by molar-refractivity contribution is 0.186. The van der Waals surface area contributed by atoms with Crippen molar-refractivity contribution in [2.75, 3.05) is 36.1 Å². The summed E-state index contributed by atoms with van der Waals surface area (Å²) in [4.78, 5) is 21.5. The van der Waals surface area contributed by atoms with E-state index in [0.717, 1.165) is 31.7 Å². The molecule has 2 saturated heterocycles. The Bertz CT molecular complexity index is 1090. The molecule has 0 N–H and O–H groups in total. The molecular formula is C24H28N6O2. The molecule has 0 saturated carbocycles. The third-order valence-electron chi connectivity index (χ3n) is 6.17. The molecule has 1 atom stereocenters. The third kappa shape index (κ3) is 3.98. The summed E-state index contributed by atoms with van der Waals surface area (Å²) in [6.07, 6.45) is 3.86. The summed E-state index contributed by atoms with van der Waals surface area (Å²) in [7, 11) is 0. The van der Waals surface area contributed by atoms with E-state index in [-0.39, 0.29) is 12.1 Å². The fraction of sp³-hybridized carbons (Fsp3) is 0.417. The lowest BCUT2D eigenvalue weighted by Gasteiger charge is -2.19. The molecule has 0 radical (unpaired) electrons. The van der Waals surface area contributed by atoms with Gasteiger partial charge in [0.05, 0.1) is 0 Å². The minimum atomic E-state index is -0.0584. The van der Waals surface area contributed by atoms with E-state index in [1.165, 1.54) is 5.56 Å². The monoisotopic (exact) mass is 432 g/mol. The van der Waals surface area contributed by atoms with E-state index in [9.17, 15) is 4.79 Å². The number of aromatic nitrogens is 4. The number of hydrogen-bond acceptors (Lipinski definition) is 5. The van der Waals surface area contributed by atoms with Crippen molar-refractivity contribution in [3.05, 3.63) is 54.4 Å². The number of rotatable bonds is 6. The predicted molar refractivity (Wildman–Crippen MR) is 123 cm³/mol. The second kappa shape index (κ2) is 8.70. The van der Waals surface area contributed by atoms with Gasteiger partial charge in [-0.15, -0.1) is 10.2 Å². The van der Waals surface area contributed by atoms with E-state index in [1.807, 2.05) is 39.8 Å². The average Bonchev–Trinajstić information content (AvgIpc) is 3.56. The molecular weight excluding hydrogens is 404 g/mol. The molecule has 2 aliphatic rings. The van der Waals surface area contributed by atoms with Gasteiger partial charge in [0.2, 0.25) is 0 Å². The van der Waals surface area contributed by atoms with Gasteiger partial charge in [-0.2, -0.15) is 0 Å². The minimum absolute atomic E-state index is 0.0584. The number of anilines is 2. The van der Waals surface area contributed by atoms with Gasteiger partial charge >= 0.3 is 6.03 Å². The standard InChI is InChI=1S/C24H28N6O2/c1-17(2)30-16-25-27-23(30)21-4-3-5-22(26-21)29-12-11-28(24(29)31)20-8-6-18(7-9-20)14-19-10-13-32-15-19/h3-9,16-17,19H,10-15H2,1-2H3. The van der Waals surface area contributed by atoms with Crippen LogP contribution in [0.2, 0.25) is 0 Å². The van der Waals surface area contributed by atoms with Crippen LogP contribution in [0, 0.1) is 5.92 Å². The van der Waals surface area contributed by atoms with Crippen LogP contribution in [-0.4, -0.2) is 52.1 Å². The predicted octanol–water partition coefficient (Wildman–Crippen LogP) is 3.95. The van der Waals surface area contributed by atoms with Gasteiger partial charge in [0, 0.05) is 38.0 Å². The molecule has 2 aromatic heterocycles. The van der Waals surface area contributed by atoms with E-state index in [1.54, 1.807) is 11.2 Å². The Morgan fingerprint density at radius 1 is 1.09 bits per heavy atom. The summed E-state index contributed by atoms with van der Waals surface area (Å²) in [6.45, 7) is 7.08. The zero-order valence-electron chi connectivity index (χ0n) is 18.5. The van der Waals surface area contributed by atoms with Crippen LogP contribution in [0.25, 0.3) is 11.5 Å². The molecule has 8 nitrogen and oxygen atoms in total. The fourth-order valence-electron chi connectivity index (χ4n) is 4.38. The summed E-state index contributed by atoms with van der Waals surface area (Å²) in [5.41, 5.74) is 2.91. The molecule has 2 amide bonds. The van der Waals surface area contributed by atoms with Crippen molar-refractivity contribution in [3.63, 3.8) is 0 Å². The molecule has 4 heterocycles. The Morgan fingerprint density at radius 3 is 2.66 bits per heavy atom. The highest BCUT2D eigenvalue weighted by Crippen LogP contribution is 2.27. The molecule has 0 bridgehead atoms. The number of urea groups is 1. The number of amides is 2. The van der Waals surface area contributed by atoms with Crippen LogP contribution in [0.4, 0.5) is 16.3 Å². The van der Waals surface area contributed by atoms with Gasteiger partial charge in [0.25, 0.3) is 0 Å². The zero-order valence-corrected chi connectivity index (χ0v) is 18.5. The van der Waals surface area contributed by atoms with Gasteiger partial charge in [-0.05, 0) is 62.4 Å². The lowest BCUT2D eigenvalue weighted by atomic mass is 9.99. The number of nitrogens with zero attached hydrogens (tertiary/aromatic N) is 6. The molecule has 32 heavy (non-hydrogen) atoms. The molecule has 3 aromatic rings. The molecule has 166 valence electrons. The maximum atomic E-state index is 13.2. The van der Waals surface area contributed by atoms with Gasteiger partial charge < -0.3 is 9.30 Å². The van der Waals surface area contributed by atoms with Crippen molar-refractivity contribution in [2.45, 2.75) is 32.7 Å². The van der Waals surface area contributed by atoms with Crippen LogP contribution >= 0.6 is 0 Å². The van der Waals surface area contributed by atoms with Crippen LogP contribution in [0.3, 0.4) is 0 Å². The van der Waals surface area contributed by atoms with Crippen molar-refractivity contribution >= 4 is 17.5 Å². The maximum Gasteiger partial charge on any atom is 0.330 e. The first kappa shape index (κ1) is 20.6. The Balaban J connectivity index is 1.32. The van der Waals surface area contributed by atoms with Crippen LogP contribution in [-0.2, 0) is 11.2 Å². The molecule has 2 aliphatic heterocycles. The second-order valence-corrected chi connectivity index (χ2v) is 8.72. The van der Waals surface area contributed by atoms with Gasteiger partial charge in [0.15, 0.2) is 5.82 Å².